The van der Waals surface area contributed by atoms with Gasteiger partial charge in [-0.15, -0.1) is 0 Å². The number of aromatic nitrogens is 2. The fraction of sp³-hybridized carbons (Fsp3) is 0.111. The molecule has 3 aromatic rings. The Hall–Kier alpha value is -3.08. The standard InChI is InChI=1S/C18H16N2O3/c1-23-14-7-8-15-16(11-14)20-17(19-15)10-13-4-2-12(3-5-13)6-9-18(21)22/h2-9,11H,10H2,1H3,(H,19,20)(H,21,22)/b9-6+. The molecule has 0 aliphatic carbocycles. The van der Waals surface area contributed by atoms with Gasteiger partial charge in [0, 0.05) is 18.6 Å². The number of ether oxygens (including phenoxy) is 1. The highest BCUT2D eigenvalue weighted by Crippen LogP contribution is 2.20. The van der Waals surface area contributed by atoms with Crippen LogP contribution in [0.1, 0.15) is 17.0 Å². The third-order valence-electron chi connectivity index (χ3n) is 3.51. The van der Waals surface area contributed by atoms with Crippen LogP contribution in [-0.4, -0.2) is 28.2 Å². The average molecular weight is 308 g/mol. The van der Waals surface area contributed by atoms with Gasteiger partial charge in [-0.25, -0.2) is 9.78 Å². The van der Waals surface area contributed by atoms with E-state index in [1.165, 1.54) is 0 Å². The number of carboxylic acid groups (broad SMARTS) is 1. The van der Waals surface area contributed by atoms with Gasteiger partial charge in [0.05, 0.1) is 18.1 Å². The lowest BCUT2D eigenvalue weighted by Crippen LogP contribution is -1.91. The van der Waals surface area contributed by atoms with Crippen LogP contribution in [0, 0.1) is 0 Å². The zero-order valence-electron chi connectivity index (χ0n) is 12.6. The van der Waals surface area contributed by atoms with E-state index in [0.717, 1.165) is 39.8 Å². The number of nitrogens with one attached hydrogen (secondary N) is 1. The Morgan fingerprint density at radius 3 is 2.74 bits per heavy atom. The first kappa shape index (κ1) is 14.8. The Morgan fingerprint density at radius 2 is 2.04 bits per heavy atom. The van der Waals surface area contributed by atoms with Crippen LogP contribution in [0.5, 0.6) is 5.75 Å². The highest BCUT2D eigenvalue weighted by molar-refractivity contribution is 5.85. The number of nitrogens with zero attached hydrogens (tertiary/aromatic N) is 1. The number of hydrogen-bond donors (Lipinski definition) is 2. The molecule has 0 amide bonds. The third-order valence-corrected chi connectivity index (χ3v) is 3.51. The maximum absolute atomic E-state index is 10.5. The summed E-state index contributed by atoms with van der Waals surface area (Å²) in [6.07, 6.45) is 3.38. The first-order valence-corrected chi connectivity index (χ1v) is 7.16. The van der Waals surface area contributed by atoms with E-state index in [-0.39, 0.29) is 0 Å². The summed E-state index contributed by atoms with van der Waals surface area (Å²) in [4.78, 5) is 18.4. The van der Waals surface area contributed by atoms with Crippen LogP contribution in [0.15, 0.2) is 48.5 Å². The second-order valence-electron chi connectivity index (χ2n) is 5.16. The van der Waals surface area contributed by atoms with Crippen LogP contribution >= 0.6 is 0 Å². The van der Waals surface area contributed by atoms with Gasteiger partial charge >= 0.3 is 5.97 Å². The molecule has 3 rings (SSSR count). The number of imidazole rings is 1. The van der Waals surface area contributed by atoms with Gasteiger partial charge in [-0.2, -0.15) is 0 Å². The van der Waals surface area contributed by atoms with Crippen molar-refractivity contribution in [3.05, 3.63) is 65.5 Å². The zero-order chi connectivity index (χ0) is 16.2. The Bertz CT molecular complexity index is 864. The Kier molecular flexibility index (Phi) is 4.10. The van der Waals surface area contributed by atoms with Crippen molar-refractivity contribution in [1.82, 2.24) is 9.97 Å². The highest BCUT2D eigenvalue weighted by atomic mass is 16.5. The smallest absolute Gasteiger partial charge is 0.328 e. The molecule has 0 atom stereocenters. The molecule has 0 bridgehead atoms. The molecule has 0 radical (unpaired) electrons. The normalized spacial score (nSPS) is 11.2. The number of aliphatic carboxylic acids is 1. The summed E-state index contributed by atoms with van der Waals surface area (Å²) >= 11 is 0. The second kappa shape index (κ2) is 6.36. The fourth-order valence-electron chi connectivity index (χ4n) is 2.36. The molecule has 5 nitrogen and oxygen atoms in total. The molecule has 2 N–H and O–H groups in total. The van der Waals surface area contributed by atoms with Gasteiger partial charge in [0.2, 0.25) is 0 Å². The number of carboxylic acids is 1. The van der Waals surface area contributed by atoms with E-state index in [0.29, 0.717) is 6.42 Å². The molecule has 5 heteroatoms. The summed E-state index contributed by atoms with van der Waals surface area (Å²) in [5.41, 5.74) is 3.80. The van der Waals surface area contributed by atoms with E-state index < -0.39 is 5.97 Å². The van der Waals surface area contributed by atoms with Crippen molar-refractivity contribution >= 4 is 23.1 Å². The average Bonchev–Trinajstić information content (AvgIpc) is 2.95. The summed E-state index contributed by atoms with van der Waals surface area (Å²) in [6, 6.07) is 13.5. The van der Waals surface area contributed by atoms with E-state index in [1.54, 1.807) is 13.2 Å². The molecule has 0 unspecified atom stereocenters. The lowest BCUT2D eigenvalue weighted by molar-refractivity contribution is -0.131. The van der Waals surface area contributed by atoms with Gasteiger partial charge in [-0.05, 0) is 29.3 Å². The van der Waals surface area contributed by atoms with Crippen LogP contribution in [0.25, 0.3) is 17.1 Å². The molecular weight excluding hydrogens is 292 g/mol. The molecule has 0 saturated carbocycles. The Labute approximate surface area is 133 Å². The van der Waals surface area contributed by atoms with Crippen LogP contribution < -0.4 is 4.74 Å². The molecule has 23 heavy (non-hydrogen) atoms. The first-order valence-electron chi connectivity index (χ1n) is 7.16. The van der Waals surface area contributed by atoms with Gasteiger partial charge in [0.25, 0.3) is 0 Å². The predicted molar refractivity (Wildman–Crippen MR) is 88.6 cm³/mol. The lowest BCUT2D eigenvalue weighted by Gasteiger charge is -1.99. The number of carbonyl (C=O) groups is 1. The fourth-order valence-corrected chi connectivity index (χ4v) is 2.36. The summed E-state index contributed by atoms with van der Waals surface area (Å²) in [5, 5.41) is 8.62. The number of H-pyrrole nitrogens is 1. The van der Waals surface area contributed by atoms with Crippen LogP contribution in [0.2, 0.25) is 0 Å². The minimum absolute atomic E-state index is 0.680. The third kappa shape index (κ3) is 3.58. The maximum atomic E-state index is 10.5. The molecule has 1 heterocycles. The first-order chi connectivity index (χ1) is 11.1. The predicted octanol–water partition coefficient (Wildman–Crippen LogP) is 3.26. The van der Waals surface area contributed by atoms with E-state index in [1.807, 2.05) is 42.5 Å². The second-order valence-corrected chi connectivity index (χ2v) is 5.16. The summed E-state index contributed by atoms with van der Waals surface area (Å²) < 4.78 is 5.20. The van der Waals surface area contributed by atoms with Crippen molar-refractivity contribution in [3.8, 4) is 5.75 Å². The molecule has 0 spiro atoms. The van der Waals surface area contributed by atoms with Crippen molar-refractivity contribution < 1.29 is 14.6 Å². The molecule has 0 aliphatic rings. The van der Waals surface area contributed by atoms with Gasteiger partial charge in [0.1, 0.15) is 11.6 Å². The number of fused-ring (bicyclic) bond motifs is 1. The Balaban J connectivity index is 1.77. The van der Waals surface area contributed by atoms with Crippen molar-refractivity contribution in [3.63, 3.8) is 0 Å². The SMILES string of the molecule is COc1ccc2[nH]c(Cc3ccc(/C=C/C(=O)O)cc3)nc2c1. The minimum Gasteiger partial charge on any atom is -0.497 e. The van der Waals surface area contributed by atoms with E-state index in [9.17, 15) is 4.79 Å². The molecular formula is C18H16N2O3. The molecule has 1 aromatic heterocycles. The van der Waals surface area contributed by atoms with Crippen molar-refractivity contribution in [1.29, 1.82) is 0 Å². The number of aromatic amines is 1. The number of rotatable bonds is 5. The summed E-state index contributed by atoms with van der Waals surface area (Å²) in [5.74, 6) is 0.707. The van der Waals surface area contributed by atoms with E-state index in [2.05, 4.69) is 9.97 Å². The monoisotopic (exact) mass is 308 g/mol. The number of hydrogen-bond acceptors (Lipinski definition) is 3. The zero-order valence-corrected chi connectivity index (χ0v) is 12.6. The summed E-state index contributed by atoms with van der Waals surface area (Å²) in [7, 11) is 1.63. The summed E-state index contributed by atoms with van der Waals surface area (Å²) in [6.45, 7) is 0. The van der Waals surface area contributed by atoms with Gasteiger partial charge in [-0.3, -0.25) is 0 Å². The largest absolute Gasteiger partial charge is 0.497 e. The molecule has 0 fully saturated rings. The molecule has 0 saturated heterocycles. The van der Waals surface area contributed by atoms with Crippen LogP contribution in [-0.2, 0) is 11.2 Å². The quantitative estimate of drug-likeness (QED) is 0.709. The molecule has 2 aromatic carbocycles. The maximum Gasteiger partial charge on any atom is 0.328 e. The molecule has 116 valence electrons. The van der Waals surface area contributed by atoms with E-state index >= 15 is 0 Å². The highest BCUT2D eigenvalue weighted by Gasteiger charge is 2.05. The van der Waals surface area contributed by atoms with Crippen molar-refractivity contribution in [2.45, 2.75) is 6.42 Å². The topological polar surface area (TPSA) is 75.2 Å². The van der Waals surface area contributed by atoms with Crippen LogP contribution in [0.3, 0.4) is 0 Å². The molecule has 0 aliphatic heterocycles. The lowest BCUT2D eigenvalue weighted by atomic mass is 10.1. The van der Waals surface area contributed by atoms with Crippen LogP contribution in [0.4, 0.5) is 0 Å². The number of benzene rings is 2. The minimum atomic E-state index is -0.952. The van der Waals surface area contributed by atoms with Crippen molar-refractivity contribution in [2.75, 3.05) is 7.11 Å². The van der Waals surface area contributed by atoms with E-state index in [4.69, 9.17) is 9.84 Å². The number of methoxy groups -OCH3 is 1. The van der Waals surface area contributed by atoms with Gasteiger partial charge in [0.15, 0.2) is 0 Å². The Morgan fingerprint density at radius 1 is 1.26 bits per heavy atom. The van der Waals surface area contributed by atoms with Gasteiger partial charge < -0.3 is 14.8 Å². The van der Waals surface area contributed by atoms with Gasteiger partial charge in [-0.1, -0.05) is 24.3 Å². The van der Waals surface area contributed by atoms with Crippen molar-refractivity contribution in [2.24, 2.45) is 0 Å².